The molecule has 0 aromatic heterocycles. The molecule has 2 heterocycles. The average Bonchev–Trinajstić information content (AvgIpc) is 3.06. The second-order valence-electron chi connectivity index (χ2n) is 7.96. The van der Waals surface area contributed by atoms with E-state index in [1.54, 1.807) is 13.8 Å². The molecule has 2 atom stereocenters. The first-order valence-electron chi connectivity index (χ1n) is 10.1. The van der Waals surface area contributed by atoms with Gasteiger partial charge in [-0.25, -0.2) is 4.79 Å². The Kier molecular flexibility index (Phi) is 6.34. The molecule has 3 rings (SSSR count). The van der Waals surface area contributed by atoms with Crippen LogP contribution in [0.5, 0.6) is 0 Å². The van der Waals surface area contributed by atoms with Crippen molar-refractivity contribution in [2.24, 2.45) is 5.92 Å². The number of rotatable bonds is 6. The highest BCUT2D eigenvalue weighted by atomic mass is 19.4. The van der Waals surface area contributed by atoms with Gasteiger partial charge in [0.2, 0.25) is 5.91 Å². The minimum atomic E-state index is -4.68. The molecule has 0 aliphatic carbocycles. The first-order chi connectivity index (χ1) is 15.0. The van der Waals surface area contributed by atoms with Gasteiger partial charge in [0.1, 0.15) is 6.04 Å². The second kappa shape index (κ2) is 8.68. The van der Waals surface area contributed by atoms with Gasteiger partial charge >= 0.3 is 12.2 Å². The fourth-order valence-electron chi connectivity index (χ4n) is 4.25. The summed E-state index contributed by atoms with van der Waals surface area (Å²) in [7, 11) is 1.45. The van der Waals surface area contributed by atoms with E-state index in [9.17, 15) is 27.6 Å². The highest BCUT2D eigenvalue weighted by Crippen LogP contribution is 2.42. The van der Waals surface area contributed by atoms with E-state index in [4.69, 9.17) is 0 Å². The molecule has 0 saturated heterocycles. The van der Waals surface area contributed by atoms with Gasteiger partial charge in [-0.1, -0.05) is 38.1 Å². The van der Waals surface area contributed by atoms with Gasteiger partial charge in [-0.15, -0.1) is 6.58 Å². The lowest BCUT2D eigenvalue weighted by Crippen LogP contribution is -2.50. The van der Waals surface area contributed by atoms with E-state index in [0.717, 1.165) is 6.07 Å². The van der Waals surface area contributed by atoms with Gasteiger partial charge in [0.25, 0.3) is 5.91 Å². The van der Waals surface area contributed by atoms with Gasteiger partial charge in [-0.2, -0.15) is 13.2 Å². The summed E-state index contributed by atoms with van der Waals surface area (Å²) < 4.78 is 41.1. The first kappa shape index (κ1) is 23.4. The molecule has 1 aromatic rings. The Morgan fingerprint density at radius 3 is 2.53 bits per heavy atom. The summed E-state index contributed by atoms with van der Waals surface area (Å²) in [5.74, 6) is -1.24. The van der Waals surface area contributed by atoms with E-state index in [2.05, 4.69) is 17.2 Å². The van der Waals surface area contributed by atoms with Gasteiger partial charge < -0.3 is 15.5 Å². The molecule has 1 aromatic carbocycles. The number of alkyl halides is 3. The van der Waals surface area contributed by atoms with E-state index in [0.29, 0.717) is 0 Å². The van der Waals surface area contributed by atoms with E-state index in [1.165, 1.54) is 41.1 Å². The van der Waals surface area contributed by atoms with E-state index in [1.807, 2.05) is 0 Å². The normalized spacial score (nSPS) is 19.8. The SMILES string of the molecule is C=CCN1C(=O)N[C@@H](c2ccccc2C(F)(F)F)C2=C1CN([C@@H](C(=O)NC)C(C)C)C2=O. The molecule has 0 radical (unpaired) electrons. The van der Waals surface area contributed by atoms with Crippen molar-refractivity contribution in [3.63, 3.8) is 0 Å². The number of nitrogens with one attached hydrogen (secondary N) is 2. The lowest BCUT2D eigenvalue weighted by Gasteiger charge is -2.33. The molecule has 7 nitrogen and oxygen atoms in total. The van der Waals surface area contributed by atoms with Crippen molar-refractivity contribution in [2.45, 2.75) is 32.1 Å². The number of amides is 4. The third-order valence-corrected chi connectivity index (χ3v) is 5.62. The van der Waals surface area contributed by atoms with Crippen LogP contribution < -0.4 is 10.6 Å². The summed E-state index contributed by atoms with van der Waals surface area (Å²) in [6.45, 7) is 7.14. The molecule has 10 heteroatoms. The fraction of sp³-hybridized carbons (Fsp3) is 0.409. The number of urea groups is 1. The molecule has 0 unspecified atom stereocenters. The molecular weight excluding hydrogens is 425 g/mol. The zero-order chi connectivity index (χ0) is 23.8. The molecule has 2 aliphatic heterocycles. The van der Waals surface area contributed by atoms with Crippen LogP contribution in [-0.2, 0) is 15.8 Å². The lowest BCUT2D eigenvalue weighted by molar-refractivity contribution is -0.139. The van der Waals surface area contributed by atoms with E-state index in [-0.39, 0.29) is 35.8 Å². The van der Waals surface area contributed by atoms with E-state index >= 15 is 0 Å². The largest absolute Gasteiger partial charge is 0.416 e. The number of carbonyl (C=O) groups is 3. The van der Waals surface area contributed by atoms with Crippen molar-refractivity contribution in [1.29, 1.82) is 0 Å². The van der Waals surface area contributed by atoms with Crippen molar-refractivity contribution in [2.75, 3.05) is 20.1 Å². The zero-order valence-electron chi connectivity index (χ0n) is 18.0. The van der Waals surface area contributed by atoms with Crippen molar-refractivity contribution in [3.8, 4) is 0 Å². The first-order valence-corrected chi connectivity index (χ1v) is 10.1. The van der Waals surface area contributed by atoms with Crippen LogP contribution in [0.4, 0.5) is 18.0 Å². The molecular formula is C22H25F3N4O3. The number of hydrogen-bond acceptors (Lipinski definition) is 3. The fourth-order valence-corrected chi connectivity index (χ4v) is 4.25. The van der Waals surface area contributed by atoms with Crippen molar-refractivity contribution >= 4 is 17.8 Å². The highest BCUT2D eigenvalue weighted by Gasteiger charge is 2.49. The third kappa shape index (κ3) is 3.96. The summed E-state index contributed by atoms with van der Waals surface area (Å²) in [6.07, 6.45) is -3.22. The summed E-state index contributed by atoms with van der Waals surface area (Å²) in [4.78, 5) is 41.4. The van der Waals surface area contributed by atoms with Gasteiger partial charge in [0, 0.05) is 13.6 Å². The number of halogens is 3. The molecule has 32 heavy (non-hydrogen) atoms. The highest BCUT2D eigenvalue weighted by molar-refractivity contribution is 6.03. The van der Waals surface area contributed by atoms with Crippen LogP contribution in [0, 0.1) is 5.92 Å². The molecule has 0 fully saturated rings. The Balaban J connectivity index is 2.16. The predicted molar refractivity (Wildman–Crippen MR) is 111 cm³/mol. The molecule has 0 spiro atoms. The Morgan fingerprint density at radius 2 is 1.97 bits per heavy atom. The van der Waals surface area contributed by atoms with Crippen molar-refractivity contribution < 1.29 is 27.6 Å². The second-order valence-corrected chi connectivity index (χ2v) is 7.96. The van der Waals surface area contributed by atoms with Crippen molar-refractivity contribution in [3.05, 3.63) is 59.3 Å². The van der Waals surface area contributed by atoms with Crippen LogP contribution in [0.1, 0.15) is 31.0 Å². The van der Waals surface area contributed by atoms with Gasteiger partial charge in [0.15, 0.2) is 0 Å². The molecule has 2 aliphatic rings. The Hall–Kier alpha value is -3.30. The predicted octanol–water partition coefficient (Wildman–Crippen LogP) is 2.82. The van der Waals surface area contributed by atoms with Crippen molar-refractivity contribution in [1.82, 2.24) is 20.4 Å². The van der Waals surface area contributed by atoms with Gasteiger partial charge in [-0.3, -0.25) is 14.5 Å². The minimum absolute atomic E-state index is 0.0257. The number of benzene rings is 1. The molecule has 4 amide bonds. The molecule has 0 bridgehead atoms. The number of hydrogen-bond donors (Lipinski definition) is 2. The topological polar surface area (TPSA) is 81.8 Å². The minimum Gasteiger partial charge on any atom is -0.357 e. The number of likely N-dealkylation sites (N-methyl/N-ethyl adjacent to an activating group) is 1. The zero-order valence-corrected chi connectivity index (χ0v) is 18.0. The monoisotopic (exact) mass is 450 g/mol. The number of nitrogens with zero attached hydrogens (tertiary/aromatic N) is 2. The smallest absolute Gasteiger partial charge is 0.357 e. The maximum atomic E-state index is 13.7. The average molecular weight is 450 g/mol. The lowest BCUT2D eigenvalue weighted by atomic mass is 9.91. The summed E-state index contributed by atoms with van der Waals surface area (Å²) >= 11 is 0. The van der Waals surface area contributed by atoms with E-state index < -0.39 is 41.7 Å². The maximum Gasteiger partial charge on any atom is 0.416 e. The van der Waals surface area contributed by atoms with Crippen LogP contribution in [0.2, 0.25) is 0 Å². The third-order valence-electron chi connectivity index (χ3n) is 5.62. The maximum absolute atomic E-state index is 13.7. The van der Waals surface area contributed by atoms with Crippen LogP contribution in [0.15, 0.2) is 48.2 Å². The summed E-state index contributed by atoms with van der Waals surface area (Å²) in [5, 5.41) is 5.08. The van der Waals surface area contributed by atoms with Crippen LogP contribution in [0.25, 0.3) is 0 Å². The van der Waals surface area contributed by atoms with Crippen LogP contribution in [0.3, 0.4) is 0 Å². The quantitative estimate of drug-likeness (QED) is 0.654. The standard InChI is InChI=1S/C22H25F3N4O3/c1-5-10-28-15-11-29(18(12(2)3)19(30)26-4)20(31)16(15)17(27-21(28)32)13-8-6-7-9-14(13)22(23,24)25/h5-9,12,17-18H,1,10-11H2,2-4H3,(H,26,30)(H,27,32)/t17-,18+/m0/s1. The Bertz CT molecular complexity index is 987. The van der Waals surface area contributed by atoms with Crippen LogP contribution in [-0.4, -0.2) is 53.8 Å². The molecule has 2 N–H and O–H groups in total. The Labute approximate surface area is 183 Å². The Morgan fingerprint density at radius 1 is 1.31 bits per heavy atom. The summed E-state index contributed by atoms with van der Waals surface area (Å²) in [6, 6.07) is 2.04. The van der Waals surface area contributed by atoms with Gasteiger partial charge in [-0.05, 0) is 17.5 Å². The number of carbonyl (C=O) groups excluding carboxylic acids is 3. The molecule has 0 saturated carbocycles. The van der Waals surface area contributed by atoms with Gasteiger partial charge in [0.05, 0.1) is 29.4 Å². The summed E-state index contributed by atoms with van der Waals surface area (Å²) in [5.41, 5.74) is -0.865. The molecule has 172 valence electrons. The van der Waals surface area contributed by atoms with Crippen LogP contribution >= 0.6 is 0 Å².